The largest absolute Gasteiger partial charge is 0.469 e. The molecule has 2 atom stereocenters. The number of rotatable bonds is 8. The number of ether oxygens (including phenoxy) is 3. The molecule has 2 aromatic carbocycles. The summed E-state index contributed by atoms with van der Waals surface area (Å²) in [6, 6.07) is 15.3. The van der Waals surface area contributed by atoms with E-state index in [4.69, 9.17) is 14.2 Å². The molecule has 1 heterocycles. The van der Waals surface area contributed by atoms with Gasteiger partial charge in [-0.25, -0.2) is 14.5 Å². The molecular formula is C26H32N2O6. The average molecular weight is 469 g/mol. The van der Waals surface area contributed by atoms with Gasteiger partial charge in [-0.05, 0) is 57.0 Å². The van der Waals surface area contributed by atoms with E-state index >= 15 is 0 Å². The summed E-state index contributed by atoms with van der Waals surface area (Å²) in [6.45, 7) is 7.66. The van der Waals surface area contributed by atoms with Gasteiger partial charge < -0.3 is 19.5 Å². The summed E-state index contributed by atoms with van der Waals surface area (Å²) in [6.07, 6.45) is -0.420. The molecule has 0 saturated carbocycles. The van der Waals surface area contributed by atoms with E-state index in [1.807, 2.05) is 37.3 Å². The Bertz CT molecular complexity index is 1020. The lowest BCUT2D eigenvalue weighted by Crippen LogP contribution is -2.75. The molecule has 182 valence electrons. The Morgan fingerprint density at radius 1 is 1.06 bits per heavy atom. The number of esters is 1. The molecule has 1 saturated heterocycles. The minimum atomic E-state index is -0.983. The quantitative estimate of drug-likeness (QED) is 0.462. The molecule has 8 nitrogen and oxygen atoms in total. The van der Waals surface area contributed by atoms with E-state index < -0.39 is 29.2 Å². The minimum absolute atomic E-state index is 0.117. The van der Waals surface area contributed by atoms with Crippen LogP contribution in [-0.2, 0) is 20.8 Å². The van der Waals surface area contributed by atoms with Gasteiger partial charge >= 0.3 is 12.0 Å². The van der Waals surface area contributed by atoms with Crippen molar-refractivity contribution in [2.24, 2.45) is 5.41 Å². The summed E-state index contributed by atoms with van der Waals surface area (Å²) in [5.74, 6) is -0.376. The molecule has 1 aliphatic rings. The van der Waals surface area contributed by atoms with Crippen LogP contribution >= 0.6 is 0 Å². The Hall–Kier alpha value is -3.39. The number of amides is 3. The number of nitrogens with zero attached hydrogens (tertiary/aromatic N) is 1. The molecule has 1 aliphatic heterocycles. The number of carbonyl (C=O) groups excluding carboxylic acids is 3. The summed E-state index contributed by atoms with van der Waals surface area (Å²) in [5, 5.41) is 2.78. The first-order valence-electron chi connectivity index (χ1n) is 11.3. The zero-order chi connectivity index (χ0) is 24.9. The van der Waals surface area contributed by atoms with Crippen LogP contribution in [0.3, 0.4) is 0 Å². The summed E-state index contributed by atoms with van der Waals surface area (Å²) >= 11 is 0. The number of hydrogen-bond donors (Lipinski definition) is 1. The van der Waals surface area contributed by atoms with E-state index in [0.29, 0.717) is 17.7 Å². The molecule has 34 heavy (non-hydrogen) atoms. The van der Waals surface area contributed by atoms with Crippen LogP contribution in [0.1, 0.15) is 50.0 Å². The van der Waals surface area contributed by atoms with Crippen LogP contribution in [-0.4, -0.2) is 48.4 Å². The monoisotopic (exact) mass is 468 g/mol. The average Bonchev–Trinajstić information content (AvgIpc) is 2.80. The van der Waals surface area contributed by atoms with Crippen molar-refractivity contribution in [1.82, 2.24) is 10.2 Å². The van der Waals surface area contributed by atoms with Crippen LogP contribution in [0.4, 0.5) is 4.79 Å². The van der Waals surface area contributed by atoms with Crippen LogP contribution in [0.2, 0.25) is 0 Å². The van der Waals surface area contributed by atoms with Gasteiger partial charge in [0.25, 0.3) is 0 Å². The number of nitrogens with one attached hydrogen (secondary N) is 1. The Labute approximate surface area is 200 Å². The van der Waals surface area contributed by atoms with Crippen molar-refractivity contribution in [1.29, 1.82) is 0 Å². The van der Waals surface area contributed by atoms with Gasteiger partial charge in [-0.1, -0.05) is 37.3 Å². The molecule has 3 amide bonds. The number of imide groups is 1. The minimum Gasteiger partial charge on any atom is -0.469 e. The van der Waals surface area contributed by atoms with Gasteiger partial charge in [0.05, 0.1) is 12.2 Å². The van der Waals surface area contributed by atoms with Crippen molar-refractivity contribution in [2.45, 2.75) is 52.5 Å². The van der Waals surface area contributed by atoms with E-state index in [1.54, 1.807) is 45.0 Å². The number of urea groups is 1. The van der Waals surface area contributed by atoms with Gasteiger partial charge in [0, 0.05) is 13.7 Å². The van der Waals surface area contributed by atoms with Gasteiger partial charge in [-0.3, -0.25) is 4.79 Å². The van der Waals surface area contributed by atoms with Crippen LogP contribution in [0.25, 0.3) is 0 Å². The molecule has 0 radical (unpaired) electrons. The van der Waals surface area contributed by atoms with E-state index in [9.17, 15) is 14.4 Å². The lowest BCUT2D eigenvalue weighted by molar-refractivity contribution is -0.198. The fourth-order valence-corrected chi connectivity index (χ4v) is 3.81. The number of carbonyl (C=O) groups is 3. The first kappa shape index (κ1) is 25.2. The molecule has 8 heteroatoms. The Kier molecular flexibility index (Phi) is 7.61. The van der Waals surface area contributed by atoms with Gasteiger partial charge in [0.15, 0.2) is 6.23 Å². The lowest BCUT2D eigenvalue weighted by atomic mass is 9.74. The fraction of sp³-hybridized carbons (Fsp3) is 0.423. The third-order valence-electron chi connectivity index (χ3n) is 5.63. The Morgan fingerprint density at radius 3 is 2.26 bits per heavy atom. The number of methoxy groups -OCH3 is 1. The predicted octanol–water partition coefficient (Wildman–Crippen LogP) is 4.14. The topological polar surface area (TPSA) is 94.2 Å². The second kappa shape index (κ2) is 10.3. The normalized spacial score (nSPS) is 19.9. The van der Waals surface area contributed by atoms with Crippen LogP contribution in [0.15, 0.2) is 54.6 Å². The van der Waals surface area contributed by atoms with E-state index in [-0.39, 0.29) is 19.1 Å². The maximum atomic E-state index is 13.1. The molecule has 3 rings (SSSR count). The maximum absolute atomic E-state index is 13.1. The molecule has 2 aromatic rings. The van der Waals surface area contributed by atoms with E-state index in [2.05, 4.69) is 5.32 Å². The van der Waals surface area contributed by atoms with Gasteiger partial charge in [0.1, 0.15) is 16.8 Å². The Morgan fingerprint density at radius 2 is 1.71 bits per heavy atom. The predicted molar refractivity (Wildman–Crippen MR) is 126 cm³/mol. The number of β-lactam (4-membered cyclic amide) rings is 1. The third kappa shape index (κ3) is 5.39. The molecule has 0 unspecified atom stereocenters. The van der Waals surface area contributed by atoms with Crippen LogP contribution < -0.4 is 10.1 Å². The second-order valence-electron chi connectivity index (χ2n) is 9.26. The zero-order valence-corrected chi connectivity index (χ0v) is 20.3. The lowest BCUT2D eigenvalue weighted by Gasteiger charge is -2.52. The summed E-state index contributed by atoms with van der Waals surface area (Å²) in [7, 11) is 1.51. The van der Waals surface area contributed by atoms with Crippen molar-refractivity contribution in [3.63, 3.8) is 0 Å². The molecule has 0 spiro atoms. The Balaban J connectivity index is 1.76. The smallest absolute Gasteiger partial charge is 0.338 e. The van der Waals surface area contributed by atoms with Crippen molar-refractivity contribution < 1.29 is 28.6 Å². The van der Waals surface area contributed by atoms with Crippen molar-refractivity contribution in [3.8, 4) is 5.75 Å². The number of benzene rings is 2. The van der Waals surface area contributed by atoms with Gasteiger partial charge in [-0.15, -0.1) is 0 Å². The highest BCUT2D eigenvalue weighted by molar-refractivity contribution is 6.03. The first-order chi connectivity index (χ1) is 16.1. The number of hydrogen-bond acceptors (Lipinski definition) is 6. The zero-order valence-electron chi connectivity index (χ0n) is 20.3. The standard InChI is InChI=1S/C26H32N2O6/c1-6-26(17-32-5)22(30)28(24(31)27-16-18-10-8-7-9-11-18)23(26)33-20-14-12-19(13-15-20)21(29)34-25(2,3)4/h7-15,23H,6,16-17H2,1-5H3,(H,27,31)/t23-,26+/m0/s1. The van der Waals surface area contributed by atoms with Crippen molar-refractivity contribution in [2.75, 3.05) is 13.7 Å². The second-order valence-corrected chi connectivity index (χ2v) is 9.26. The summed E-state index contributed by atoms with van der Waals surface area (Å²) in [4.78, 5) is 39.4. The van der Waals surface area contributed by atoms with E-state index in [0.717, 1.165) is 10.5 Å². The molecule has 1 N–H and O–H groups in total. The highest BCUT2D eigenvalue weighted by atomic mass is 16.6. The van der Waals surface area contributed by atoms with Gasteiger partial charge in [0.2, 0.25) is 5.91 Å². The number of likely N-dealkylation sites (tertiary alicyclic amines) is 1. The molecule has 0 bridgehead atoms. The fourth-order valence-electron chi connectivity index (χ4n) is 3.81. The SMILES string of the molecule is CC[C@@]1(COC)C(=O)N(C(=O)NCc2ccccc2)[C@H]1Oc1ccc(C(=O)OC(C)(C)C)cc1. The van der Waals surface area contributed by atoms with Crippen LogP contribution in [0, 0.1) is 5.41 Å². The van der Waals surface area contributed by atoms with Crippen molar-refractivity contribution >= 4 is 17.9 Å². The summed E-state index contributed by atoms with van der Waals surface area (Å²) in [5.41, 5.74) is -0.295. The maximum Gasteiger partial charge on any atom is 0.338 e. The molecule has 0 aliphatic carbocycles. The van der Waals surface area contributed by atoms with Gasteiger partial charge in [-0.2, -0.15) is 0 Å². The summed E-state index contributed by atoms with van der Waals surface area (Å²) < 4.78 is 16.8. The highest BCUT2D eigenvalue weighted by Crippen LogP contribution is 2.43. The van der Waals surface area contributed by atoms with Crippen LogP contribution in [0.5, 0.6) is 5.75 Å². The molecular weight excluding hydrogens is 436 g/mol. The molecule has 1 fully saturated rings. The third-order valence-corrected chi connectivity index (χ3v) is 5.63. The first-order valence-corrected chi connectivity index (χ1v) is 11.3. The highest BCUT2D eigenvalue weighted by Gasteiger charge is 2.64. The molecule has 0 aromatic heterocycles. The van der Waals surface area contributed by atoms with Crippen molar-refractivity contribution in [3.05, 3.63) is 65.7 Å². The van der Waals surface area contributed by atoms with E-state index in [1.165, 1.54) is 7.11 Å².